The maximum absolute atomic E-state index is 14.0. The molecular weight excluding hydrogens is 465 g/mol. The van der Waals surface area contributed by atoms with Crippen LogP contribution in [0.2, 0.25) is 0 Å². The van der Waals surface area contributed by atoms with Crippen molar-refractivity contribution in [3.8, 4) is 0 Å². The van der Waals surface area contributed by atoms with E-state index in [0.29, 0.717) is 17.5 Å². The molecule has 0 spiro atoms. The fourth-order valence-corrected chi connectivity index (χ4v) is 5.72. The van der Waals surface area contributed by atoms with Crippen molar-refractivity contribution in [2.45, 2.75) is 45.6 Å². The molecule has 0 saturated carbocycles. The Morgan fingerprint density at radius 1 is 1.05 bits per heavy atom. The number of hydrogen-bond donors (Lipinski definition) is 2. The minimum Gasteiger partial charge on any atom is -0.401 e. The Kier molecular flexibility index (Phi) is 6.92. The molecule has 0 amide bonds. The van der Waals surface area contributed by atoms with Crippen molar-refractivity contribution in [2.24, 2.45) is 17.5 Å². The van der Waals surface area contributed by atoms with Crippen LogP contribution in [0.3, 0.4) is 0 Å². The minimum absolute atomic E-state index is 0.00836. The summed E-state index contributed by atoms with van der Waals surface area (Å²) in [6.45, 7) is 7.66. The fourth-order valence-electron chi connectivity index (χ4n) is 5.72. The van der Waals surface area contributed by atoms with Crippen molar-refractivity contribution < 1.29 is 9.13 Å². The molecule has 3 heterocycles. The second-order valence-electron chi connectivity index (χ2n) is 10.5. The number of hydrogen-bond acceptors (Lipinski definition) is 5. The second kappa shape index (κ2) is 10.1. The molecule has 1 fully saturated rings. The summed E-state index contributed by atoms with van der Waals surface area (Å²) >= 11 is 0. The molecule has 0 bridgehead atoms. The third kappa shape index (κ3) is 4.69. The van der Waals surface area contributed by atoms with E-state index in [1.165, 1.54) is 5.56 Å². The van der Waals surface area contributed by atoms with Gasteiger partial charge in [0.2, 0.25) is 0 Å². The molecule has 6 nitrogen and oxygen atoms in total. The minimum atomic E-state index is -0.234. The first-order valence-corrected chi connectivity index (χ1v) is 13.0. The molecule has 4 N–H and O–H groups in total. The van der Waals surface area contributed by atoms with Gasteiger partial charge < -0.3 is 20.0 Å². The van der Waals surface area contributed by atoms with Crippen molar-refractivity contribution in [1.82, 2.24) is 14.6 Å². The zero-order chi connectivity index (χ0) is 26.3. The molecular formula is C30H36FN5O. The van der Waals surface area contributed by atoms with Gasteiger partial charge in [-0.15, -0.1) is 0 Å². The maximum atomic E-state index is 14.0. The van der Waals surface area contributed by atoms with Crippen LogP contribution in [0.1, 0.15) is 62.3 Å². The van der Waals surface area contributed by atoms with Crippen molar-refractivity contribution in [3.05, 3.63) is 82.9 Å². The number of fused-ring (bicyclic) bond motifs is 3. The molecule has 1 atom stereocenters. The van der Waals surface area contributed by atoms with Crippen LogP contribution < -0.4 is 11.6 Å². The molecule has 7 heteroatoms. The van der Waals surface area contributed by atoms with Gasteiger partial charge in [0.05, 0.1) is 28.3 Å². The molecule has 2 aromatic heterocycles. The van der Waals surface area contributed by atoms with Crippen molar-refractivity contribution in [1.29, 1.82) is 0 Å². The molecule has 0 radical (unpaired) electrons. The van der Waals surface area contributed by atoms with Crippen LogP contribution in [0.15, 0.2) is 60.4 Å². The van der Waals surface area contributed by atoms with Gasteiger partial charge in [0.25, 0.3) is 0 Å². The Balaban J connectivity index is 1.86. The van der Waals surface area contributed by atoms with Gasteiger partial charge in [0.15, 0.2) is 0 Å². The van der Waals surface area contributed by atoms with Crippen LogP contribution in [-0.2, 0) is 4.74 Å². The van der Waals surface area contributed by atoms with Gasteiger partial charge in [0, 0.05) is 43.1 Å². The molecule has 1 aliphatic rings. The van der Waals surface area contributed by atoms with E-state index < -0.39 is 0 Å². The van der Waals surface area contributed by atoms with E-state index in [-0.39, 0.29) is 11.9 Å². The lowest BCUT2D eigenvalue weighted by molar-refractivity contribution is 0.0552. The van der Waals surface area contributed by atoms with E-state index in [4.69, 9.17) is 21.3 Å². The number of nitrogens with zero attached hydrogens (tertiary/aromatic N) is 3. The van der Waals surface area contributed by atoms with Gasteiger partial charge in [-0.1, -0.05) is 32.0 Å². The van der Waals surface area contributed by atoms with E-state index in [1.54, 1.807) is 24.2 Å². The van der Waals surface area contributed by atoms with Gasteiger partial charge in [-0.25, -0.2) is 10.2 Å². The van der Waals surface area contributed by atoms with E-state index in [1.807, 2.05) is 25.3 Å². The van der Waals surface area contributed by atoms with Gasteiger partial charge in [-0.05, 0) is 73.1 Å². The summed E-state index contributed by atoms with van der Waals surface area (Å²) in [6, 6.07) is 15.5. The van der Waals surface area contributed by atoms with Crippen molar-refractivity contribution >= 4 is 27.6 Å². The molecule has 37 heavy (non-hydrogen) atoms. The largest absolute Gasteiger partial charge is 0.401 e. The van der Waals surface area contributed by atoms with Crippen LogP contribution >= 0.6 is 0 Å². The third-order valence-electron chi connectivity index (χ3n) is 7.53. The number of benzene rings is 2. The molecule has 0 aliphatic carbocycles. The SMILES string of the molecule is C/C(N)=C(\c1ccc2c3ncc(C(C)C)cc3n(C(c3ccc(F)cc3)C3CCOCC3)c2c1)N(C)N. The summed E-state index contributed by atoms with van der Waals surface area (Å²) < 4.78 is 22.1. The average molecular weight is 502 g/mol. The first kappa shape index (κ1) is 25.2. The van der Waals surface area contributed by atoms with Gasteiger partial charge in [-0.2, -0.15) is 0 Å². The number of hydrazine groups is 1. The molecule has 1 saturated heterocycles. The maximum Gasteiger partial charge on any atom is 0.123 e. The topological polar surface area (TPSA) is 82.3 Å². The highest BCUT2D eigenvalue weighted by atomic mass is 19.1. The van der Waals surface area contributed by atoms with Crippen LogP contribution in [-0.4, -0.2) is 34.8 Å². The molecule has 4 aromatic rings. The number of allylic oxidation sites excluding steroid dienone is 1. The predicted molar refractivity (Wildman–Crippen MR) is 148 cm³/mol. The van der Waals surface area contributed by atoms with Crippen molar-refractivity contribution in [2.75, 3.05) is 20.3 Å². The lowest BCUT2D eigenvalue weighted by Gasteiger charge is -2.33. The Morgan fingerprint density at radius 2 is 1.76 bits per heavy atom. The van der Waals surface area contributed by atoms with E-state index >= 15 is 0 Å². The zero-order valence-corrected chi connectivity index (χ0v) is 22.0. The number of aromatic nitrogens is 2. The van der Waals surface area contributed by atoms with E-state index in [2.05, 4.69) is 42.7 Å². The molecule has 5 rings (SSSR count). The predicted octanol–water partition coefficient (Wildman–Crippen LogP) is 5.92. The Labute approximate surface area is 217 Å². The Hall–Kier alpha value is -3.42. The summed E-state index contributed by atoms with van der Waals surface area (Å²) in [5.74, 6) is 6.62. The van der Waals surface area contributed by atoms with Gasteiger partial charge in [-0.3, -0.25) is 4.98 Å². The average Bonchev–Trinajstić information content (AvgIpc) is 3.18. The molecule has 1 unspecified atom stereocenters. The number of ether oxygens (including phenoxy) is 1. The molecule has 194 valence electrons. The van der Waals surface area contributed by atoms with Crippen LogP contribution in [0.4, 0.5) is 4.39 Å². The molecule has 1 aliphatic heterocycles. The van der Waals surface area contributed by atoms with Crippen LogP contribution in [0.5, 0.6) is 0 Å². The Morgan fingerprint density at radius 3 is 2.38 bits per heavy atom. The van der Waals surface area contributed by atoms with Crippen LogP contribution in [0, 0.1) is 11.7 Å². The number of rotatable bonds is 6. The van der Waals surface area contributed by atoms with Gasteiger partial charge in [0.1, 0.15) is 5.82 Å². The number of pyridine rings is 1. The standard InChI is InChI=1S/C30H36FN5O/c1-18(2)23-16-27-28(34-17-23)25-10-7-22(29(19(3)32)35(4)33)15-26(25)36(27)30(21-11-13-37-14-12-21)20-5-8-24(31)9-6-20/h5-10,15-18,21,30H,11-14,32-33H2,1-4H3/b29-19-. The normalized spacial score (nSPS) is 16.4. The van der Waals surface area contributed by atoms with Gasteiger partial charge >= 0.3 is 0 Å². The monoisotopic (exact) mass is 501 g/mol. The van der Waals surface area contributed by atoms with Crippen LogP contribution in [0.25, 0.3) is 27.6 Å². The molecule has 2 aromatic carbocycles. The quantitative estimate of drug-likeness (QED) is 0.253. The number of halogens is 1. The second-order valence-corrected chi connectivity index (χ2v) is 10.5. The van der Waals surface area contributed by atoms with E-state index in [9.17, 15) is 4.39 Å². The summed E-state index contributed by atoms with van der Waals surface area (Å²) in [7, 11) is 1.80. The Bertz CT molecular complexity index is 1440. The highest BCUT2D eigenvalue weighted by Gasteiger charge is 2.30. The third-order valence-corrected chi connectivity index (χ3v) is 7.53. The summed E-state index contributed by atoms with van der Waals surface area (Å²) in [4.78, 5) is 4.95. The lowest BCUT2D eigenvalue weighted by atomic mass is 9.86. The zero-order valence-electron chi connectivity index (χ0n) is 22.0. The smallest absolute Gasteiger partial charge is 0.123 e. The summed E-state index contributed by atoms with van der Waals surface area (Å²) in [5.41, 5.74) is 14.0. The summed E-state index contributed by atoms with van der Waals surface area (Å²) in [6.07, 6.45) is 3.84. The summed E-state index contributed by atoms with van der Waals surface area (Å²) in [5, 5.41) is 2.64. The van der Waals surface area contributed by atoms with E-state index in [0.717, 1.165) is 64.8 Å². The number of nitrogens with two attached hydrogens (primary N) is 2. The lowest BCUT2D eigenvalue weighted by Crippen LogP contribution is -2.27. The van der Waals surface area contributed by atoms with Crippen molar-refractivity contribution in [3.63, 3.8) is 0 Å². The highest BCUT2D eigenvalue weighted by Crippen LogP contribution is 2.41. The fraction of sp³-hybridized carbons (Fsp3) is 0.367. The first-order chi connectivity index (χ1) is 17.8. The first-order valence-electron chi connectivity index (χ1n) is 13.0. The highest BCUT2D eigenvalue weighted by molar-refractivity contribution is 6.07.